The lowest BCUT2D eigenvalue weighted by molar-refractivity contribution is -0.143. The first-order valence-electron chi connectivity index (χ1n) is 12.2. The second-order valence-electron chi connectivity index (χ2n) is 7.94. The second kappa shape index (κ2) is 19.7. The van der Waals surface area contributed by atoms with Gasteiger partial charge >= 0.3 is 11.9 Å². The topological polar surface area (TPSA) is 104 Å². The van der Waals surface area contributed by atoms with Crippen molar-refractivity contribution in [1.29, 1.82) is 0 Å². The molecule has 0 aromatic carbocycles. The minimum atomic E-state index is -1.19. The summed E-state index contributed by atoms with van der Waals surface area (Å²) in [5.41, 5.74) is 0. The molecule has 0 fully saturated rings. The number of carboxylic acid groups (broad SMARTS) is 2. The molecule has 0 heterocycles. The number of carboxylic acids is 2. The first kappa shape index (κ1) is 25.4. The van der Waals surface area contributed by atoms with E-state index in [1.165, 1.54) is 70.6 Å². The number of hydrogen-bond acceptors (Lipinski definition) is 3. The van der Waals surface area contributed by atoms with Crippen molar-refractivity contribution in [3.8, 4) is 0 Å². The molecule has 3 N–H and O–H groups in total. The predicted molar refractivity (Wildman–Crippen MR) is 116 cm³/mol. The molecule has 0 unspecified atom stereocenters. The molecule has 1 amide bonds. The van der Waals surface area contributed by atoms with Crippen molar-refractivity contribution < 1.29 is 26.0 Å². The van der Waals surface area contributed by atoms with Gasteiger partial charge in [-0.15, -0.1) is 0 Å². The maximum absolute atomic E-state index is 11.8. The third-order valence-electron chi connectivity index (χ3n) is 5.18. The summed E-state index contributed by atoms with van der Waals surface area (Å²) in [5, 5.41) is 20.1. The first-order valence-corrected chi connectivity index (χ1v) is 11.5. The Morgan fingerprint density at radius 1 is 0.724 bits per heavy atom. The van der Waals surface area contributed by atoms with Crippen molar-refractivity contribution in [2.24, 2.45) is 0 Å². The van der Waals surface area contributed by atoms with E-state index in [-0.39, 0.29) is 18.7 Å². The molecule has 0 bridgehead atoms. The van der Waals surface area contributed by atoms with E-state index in [1.807, 2.05) is 0 Å². The maximum atomic E-state index is 11.8. The summed E-state index contributed by atoms with van der Waals surface area (Å²) in [6, 6.07) is -1.12. The highest BCUT2D eigenvalue weighted by Crippen LogP contribution is 2.13. The van der Waals surface area contributed by atoms with Crippen LogP contribution in [0, 0.1) is 0 Å². The minimum absolute atomic E-state index is 0.0941. The van der Waals surface area contributed by atoms with Gasteiger partial charge in [-0.3, -0.25) is 9.59 Å². The van der Waals surface area contributed by atoms with Crippen LogP contribution in [-0.2, 0) is 14.4 Å². The molecule has 170 valence electrons. The van der Waals surface area contributed by atoms with Gasteiger partial charge in [0.05, 0.1) is 0 Å². The third-order valence-corrected chi connectivity index (χ3v) is 5.18. The molecule has 0 aromatic rings. The molecular weight excluding hydrogens is 370 g/mol. The lowest BCUT2D eigenvalue weighted by atomic mass is 10.0. The Kier molecular flexibility index (Phi) is 17.3. The summed E-state index contributed by atoms with van der Waals surface area (Å²) in [7, 11) is 0. The zero-order valence-electron chi connectivity index (χ0n) is 19.1. The maximum Gasteiger partial charge on any atom is 0.326 e. The van der Waals surface area contributed by atoms with Gasteiger partial charge in [-0.1, -0.05) is 96.8 Å². The van der Waals surface area contributed by atoms with Gasteiger partial charge in [-0.2, -0.15) is 0 Å². The molecule has 6 heteroatoms. The molecule has 6 nitrogen and oxygen atoms in total. The van der Waals surface area contributed by atoms with Crippen LogP contribution in [0.2, 0.25) is 0 Å². The number of rotatable bonds is 21. The molecular formula is C23H43NO5. The van der Waals surface area contributed by atoms with Crippen LogP contribution in [0.5, 0.6) is 0 Å². The van der Waals surface area contributed by atoms with Gasteiger partial charge in [0, 0.05) is 14.2 Å². The van der Waals surface area contributed by atoms with E-state index in [0.29, 0.717) is 13.3 Å². The standard InChI is InChI=1S/C23H43NO5/c1-2-3-4-5-6-7-8-9-10-11-12-13-14-15-16-17-21(25)24-20(23(28)29)18-19-22(26)27/h20H,2-19H2,1H3,(H,24,25)(H,26,27)(H,28,29)/t20-/m0/s1/i1D. The summed E-state index contributed by atoms with van der Waals surface area (Å²) in [5.74, 6) is -2.57. The summed E-state index contributed by atoms with van der Waals surface area (Å²) < 4.78 is 7.10. The normalized spacial score (nSPS) is 12.3. The Hall–Kier alpha value is -1.59. The number of aliphatic carboxylic acids is 2. The van der Waals surface area contributed by atoms with E-state index >= 15 is 0 Å². The van der Waals surface area contributed by atoms with Gasteiger partial charge in [0.25, 0.3) is 0 Å². The van der Waals surface area contributed by atoms with E-state index in [2.05, 4.69) is 5.32 Å². The van der Waals surface area contributed by atoms with Crippen molar-refractivity contribution in [3.63, 3.8) is 0 Å². The minimum Gasteiger partial charge on any atom is -0.481 e. The molecule has 29 heavy (non-hydrogen) atoms. The predicted octanol–water partition coefficient (Wildman–Crippen LogP) is 5.68. The highest BCUT2D eigenvalue weighted by Gasteiger charge is 2.20. The van der Waals surface area contributed by atoms with E-state index in [4.69, 9.17) is 11.6 Å². The quantitative estimate of drug-likeness (QED) is 0.210. The number of hydrogen-bond donors (Lipinski definition) is 3. The van der Waals surface area contributed by atoms with Gasteiger partial charge in [0.1, 0.15) is 6.04 Å². The van der Waals surface area contributed by atoms with Crippen molar-refractivity contribution in [2.45, 2.75) is 129 Å². The molecule has 0 rings (SSSR count). The fraction of sp³-hybridized carbons (Fsp3) is 0.870. The summed E-state index contributed by atoms with van der Waals surface area (Å²) in [4.78, 5) is 33.4. The number of nitrogens with one attached hydrogen (secondary N) is 1. The molecule has 0 saturated carbocycles. The van der Waals surface area contributed by atoms with Crippen LogP contribution in [-0.4, -0.2) is 34.1 Å². The number of carbonyl (C=O) groups is 3. The Morgan fingerprint density at radius 2 is 1.17 bits per heavy atom. The Labute approximate surface area is 178 Å². The van der Waals surface area contributed by atoms with Crippen LogP contribution in [0.1, 0.15) is 124 Å². The molecule has 0 radical (unpaired) electrons. The average Bonchev–Trinajstić information content (AvgIpc) is 2.70. The Bertz CT molecular complexity index is 459. The van der Waals surface area contributed by atoms with Gasteiger partial charge in [0.2, 0.25) is 5.91 Å². The number of carbonyl (C=O) groups excluding carboxylic acids is 1. The van der Waals surface area contributed by atoms with E-state index in [9.17, 15) is 14.4 Å². The lowest BCUT2D eigenvalue weighted by Crippen LogP contribution is -2.41. The fourth-order valence-electron chi connectivity index (χ4n) is 3.38. The van der Waals surface area contributed by atoms with Crippen molar-refractivity contribution >= 4 is 17.8 Å². The molecule has 0 aliphatic rings. The molecule has 0 spiro atoms. The molecule has 0 aliphatic carbocycles. The Balaban J connectivity index is 3.43. The Morgan fingerprint density at radius 3 is 1.59 bits per heavy atom. The highest BCUT2D eigenvalue weighted by atomic mass is 16.4. The van der Waals surface area contributed by atoms with Crippen LogP contribution >= 0.6 is 0 Å². The molecule has 0 aliphatic heterocycles. The molecule has 0 aromatic heterocycles. The zero-order chi connectivity index (χ0) is 22.5. The summed E-state index contributed by atoms with van der Waals surface area (Å²) in [6.07, 6.45) is 17.9. The van der Waals surface area contributed by atoms with Crippen LogP contribution in [0.25, 0.3) is 0 Å². The zero-order valence-corrected chi connectivity index (χ0v) is 18.1. The molecule has 0 saturated heterocycles. The lowest BCUT2D eigenvalue weighted by Gasteiger charge is -2.13. The summed E-state index contributed by atoms with van der Waals surface area (Å²) >= 11 is 0. The van der Waals surface area contributed by atoms with Crippen LogP contribution < -0.4 is 5.32 Å². The smallest absolute Gasteiger partial charge is 0.326 e. The van der Waals surface area contributed by atoms with E-state index in [1.54, 1.807) is 0 Å². The fourth-order valence-corrected chi connectivity index (χ4v) is 3.38. The molecule has 1 atom stereocenters. The van der Waals surface area contributed by atoms with Gasteiger partial charge in [0.15, 0.2) is 0 Å². The van der Waals surface area contributed by atoms with Crippen LogP contribution in [0.15, 0.2) is 0 Å². The van der Waals surface area contributed by atoms with Crippen molar-refractivity contribution in [3.05, 3.63) is 0 Å². The average molecular weight is 415 g/mol. The van der Waals surface area contributed by atoms with E-state index < -0.39 is 18.0 Å². The van der Waals surface area contributed by atoms with Gasteiger partial charge in [-0.25, -0.2) is 4.79 Å². The van der Waals surface area contributed by atoms with Gasteiger partial charge < -0.3 is 15.5 Å². The van der Waals surface area contributed by atoms with E-state index in [0.717, 1.165) is 25.7 Å². The third kappa shape index (κ3) is 19.5. The van der Waals surface area contributed by atoms with Gasteiger partial charge in [-0.05, 0) is 12.8 Å². The number of unbranched alkanes of at least 4 members (excludes halogenated alkanes) is 14. The summed E-state index contributed by atoms with van der Waals surface area (Å²) in [6.45, 7) is 0.568. The largest absolute Gasteiger partial charge is 0.481 e. The number of amides is 1. The van der Waals surface area contributed by atoms with Crippen LogP contribution in [0.3, 0.4) is 0 Å². The van der Waals surface area contributed by atoms with Crippen molar-refractivity contribution in [1.82, 2.24) is 5.32 Å². The first-order chi connectivity index (χ1) is 14.5. The van der Waals surface area contributed by atoms with Crippen LogP contribution in [0.4, 0.5) is 0 Å². The second-order valence-corrected chi connectivity index (χ2v) is 7.94. The van der Waals surface area contributed by atoms with Crippen molar-refractivity contribution in [2.75, 3.05) is 0 Å². The SMILES string of the molecule is [2H]CCCCCCCCCCCCCCCCCC(=O)N[C@@H](CCC(=O)O)C(=O)O. The monoisotopic (exact) mass is 414 g/mol. The highest BCUT2D eigenvalue weighted by molar-refractivity contribution is 5.83.